The maximum Gasteiger partial charge on any atom is 0.226 e. The van der Waals surface area contributed by atoms with Crippen LogP contribution in [-0.2, 0) is 4.79 Å². The molecule has 1 aromatic heterocycles. The number of piperidine rings is 1. The van der Waals surface area contributed by atoms with Crippen LogP contribution in [-0.4, -0.2) is 39.1 Å². The topological polar surface area (TPSA) is 61.9 Å². The molecular formula is C14H20N4O. The third-order valence-corrected chi connectivity index (χ3v) is 4.07. The van der Waals surface area contributed by atoms with Gasteiger partial charge in [-0.2, -0.15) is 5.10 Å². The van der Waals surface area contributed by atoms with Crippen LogP contribution in [0.25, 0.3) is 0 Å². The number of nitrogens with zero attached hydrogens (tertiary/aromatic N) is 3. The SMILES string of the molecule is Cc1nc([C@H]2CCCN(C(=O)C3CC=CC3)C2)n[nH]1. The van der Waals surface area contributed by atoms with E-state index in [1.165, 1.54) is 0 Å². The fraction of sp³-hybridized carbons (Fsp3) is 0.643. The smallest absolute Gasteiger partial charge is 0.226 e. The number of carbonyl (C=O) groups is 1. The lowest BCUT2D eigenvalue weighted by atomic mass is 9.95. The number of likely N-dealkylation sites (tertiary alicyclic amines) is 1. The molecular weight excluding hydrogens is 240 g/mol. The molecule has 2 aliphatic rings. The highest BCUT2D eigenvalue weighted by molar-refractivity contribution is 5.79. The molecule has 102 valence electrons. The van der Waals surface area contributed by atoms with Crippen molar-refractivity contribution < 1.29 is 4.79 Å². The largest absolute Gasteiger partial charge is 0.342 e. The second-order valence-corrected chi connectivity index (χ2v) is 5.54. The Hall–Kier alpha value is -1.65. The summed E-state index contributed by atoms with van der Waals surface area (Å²) in [4.78, 5) is 18.8. The number of aryl methyl sites for hydroxylation is 1. The number of allylic oxidation sites excluding steroid dienone is 2. The van der Waals surface area contributed by atoms with E-state index >= 15 is 0 Å². The summed E-state index contributed by atoms with van der Waals surface area (Å²) < 4.78 is 0. The maximum atomic E-state index is 12.4. The van der Waals surface area contributed by atoms with E-state index < -0.39 is 0 Å². The van der Waals surface area contributed by atoms with Crippen LogP contribution in [0.5, 0.6) is 0 Å². The molecule has 0 saturated carbocycles. The monoisotopic (exact) mass is 260 g/mol. The Morgan fingerprint density at radius 3 is 2.89 bits per heavy atom. The van der Waals surface area contributed by atoms with Crippen molar-refractivity contribution in [3.8, 4) is 0 Å². The minimum atomic E-state index is 0.174. The van der Waals surface area contributed by atoms with Gasteiger partial charge in [0.05, 0.1) is 0 Å². The molecule has 1 atom stereocenters. The number of carbonyl (C=O) groups excluding carboxylic acids is 1. The summed E-state index contributed by atoms with van der Waals surface area (Å²) >= 11 is 0. The fourth-order valence-electron chi connectivity index (χ4n) is 3.01. The molecule has 5 nitrogen and oxygen atoms in total. The summed E-state index contributed by atoms with van der Waals surface area (Å²) in [7, 11) is 0. The molecule has 1 saturated heterocycles. The van der Waals surface area contributed by atoms with Crippen molar-refractivity contribution in [2.24, 2.45) is 5.92 Å². The Kier molecular flexibility index (Phi) is 3.36. The molecule has 1 aromatic rings. The van der Waals surface area contributed by atoms with E-state index in [4.69, 9.17) is 0 Å². The van der Waals surface area contributed by atoms with Gasteiger partial charge in [0.1, 0.15) is 5.82 Å². The zero-order valence-corrected chi connectivity index (χ0v) is 11.3. The van der Waals surface area contributed by atoms with E-state index in [9.17, 15) is 4.79 Å². The first-order valence-electron chi connectivity index (χ1n) is 7.06. The summed E-state index contributed by atoms with van der Waals surface area (Å²) in [5.74, 6) is 2.48. The minimum Gasteiger partial charge on any atom is -0.342 e. The number of rotatable bonds is 2. The van der Waals surface area contributed by atoms with Crippen LogP contribution in [0.4, 0.5) is 0 Å². The third kappa shape index (κ3) is 2.55. The van der Waals surface area contributed by atoms with Crippen LogP contribution < -0.4 is 0 Å². The van der Waals surface area contributed by atoms with Gasteiger partial charge in [-0.15, -0.1) is 0 Å². The van der Waals surface area contributed by atoms with Crippen molar-refractivity contribution in [2.45, 2.75) is 38.5 Å². The molecule has 0 spiro atoms. The van der Waals surface area contributed by atoms with Crippen molar-refractivity contribution in [3.05, 3.63) is 23.8 Å². The lowest BCUT2D eigenvalue weighted by Gasteiger charge is -2.33. The first-order chi connectivity index (χ1) is 9.24. The minimum absolute atomic E-state index is 0.174. The fourth-order valence-corrected chi connectivity index (χ4v) is 3.01. The number of hydrogen-bond acceptors (Lipinski definition) is 3. The molecule has 1 amide bonds. The Morgan fingerprint density at radius 2 is 2.21 bits per heavy atom. The number of hydrogen-bond donors (Lipinski definition) is 1. The average Bonchev–Trinajstić information content (AvgIpc) is 3.09. The highest BCUT2D eigenvalue weighted by Gasteiger charge is 2.30. The van der Waals surface area contributed by atoms with Crippen LogP contribution in [0.3, 0.4) is 0 Å². The van der Waals surface area contributed by atoms with Gasteiger partial charge in [0.15, 0.2) is 5.82 Å². The zero-order valence-electron chi connectivity index (χ0n) is 11.3. The lowest BCUT2D eigenvalue weighted by Crippen LogP contribution is -2.42. The highest BCUT2D eigenvalue weighted by Crippen LogP contribution is 2.28. The maximum absolute atomic E-state index is 12.4. The van der Waals surface area contributed by atoms with Crippen LogP contribution >= 0.6 is 0 Å². The third-order valence-electron chi connectivity index (χ3n) is 4.07. The summed E-state index contributed by atoms with van der Waals surface area (Å²) in [5, 5.41) is 7.13. The van der Waals surface area contributed by atoms with Crippen molar-refractivity contribution in [2.75, 3.05) is 13.1 Å². The van der Waals surface area contributed by atoms with Gasteiger partial charge >= 0.3 is 0 Å². The molecule has 0 unspecified atom stereocenters. The summed E-state index contributed by atoms with van der Waals surface area (Å²) in [6.45, 7) is 3.56. The van der Waals surface area contributed by atoms with Crippen molar-refractivity contribution >= 4 is 5.91 Å². The molecule has 0 radical (unpaired) electrons. The van der Waals surface area contributed by atoms with E-state index in [1.54, 1.807) is 0 Å². The van der Waals surface area contributed by atoms with Gasteiger partial charge in [-0.05, 0) is 32.6 Å². The normalized spacial score (nSPS) is 24.1. The molecule has 0 aromatic carbocycles. The molecule has 2 heterocycles. The van der Waals surface area contributed by atoms with Gasteiger partial charge < -0.3 is 4.90 Å². The molecule has 0 bridgehead atoms. The van der Waals surface area contributed by atoms with Gasteiger partial charge in [0, 0.05) is 24.9 Å². The molecule has 5 heteroatoms. The predicted molar refractivity (Wildman–Crippen MR) is 71.5 cm³/mol. The molecule has 1 N–H and O–H groups in total. The summed E-state index contributed by atoms with van der Waals surface area (Å²) in [5.41, 5.74) is 0. The Labute approximate surface area is 113 Å². The van der Waals surface area contributed by atoms with Crippen LogP contribution in [0.15, 0.2) is 12.2 Å². The Morgan fingerprint density at radius 1 is 1.42 bits per heavy atom. The molecule has 19 heavy (non-hydrogen) atoms. The number of aromatic nitrogens is 3. The van der Waals surface area contributed by atoms with Gasteiger partial charge in [-0.1, -0.05) is 12.2 Å². The predicted octanol–water partition coefficient (Wildman–Crippen LogP) is 1.79. The van der Waals surface area contributed by atoms with Crippen LogP contribution in [0.1, 0.15) is 43.3 Å². The van der Waals surface area contributed by atoms with Crippen LogP contribution in [0.2, 0.25) is 0 Å². The van der Waals surface area contributed by atoms with E-state index in [0.717, 1.165) is 50.4 Å². The van der Waals surface area contributed by atoms with Gasteiger partial charge in [-0.3, -0.25) is 9.89 Å². The molecule has 1 aliphatic carbocycles. The van der Waals surface area contributed by atoms with Crippen molar-refractivity contribution in [1.29, 1.82) is 0 Å². The number of H-pyrrole nitrogens is 1. The van der Waals surface area contributed by atoms with Crippen molar-refractivity contribution in [1.82, 2.24) is 20.1 Å². The number of amides is 1. The molecule has 1 fully saturated rings. The lowest BCUT2D eigenvalue weighted by molar-refractivity contribution is -0.136. The zero-order chi connectivity index (χ0) is 13.2. The van der Waals surface area contributed by atoms with Gasteiger partial charge in [-0.25, -0.2) is 4.98 Å². The molecule has 3 rings (SSSR count). The first kappa shape index (κ1) is 12.4. The van der Waals surface area contributed by atoms with E-state index in [2.05, 4.69) is 27.3 Å². The molecule has 1 aliphatic heterocycles. The summed E-state index contributed by atoms with van der Waals surface area (Å²) in [6, 6.07) is 0. The van der Waals surface area contributed by atoms with E-state index in [0.29, 0.717) is 5.91 Å². The average molecular weight is 260 g/mol. The Balaban J connectivity index is 1.66. The van der Waals surface area contributed by atoms with E-state index in [-0.39, 0.29) is 11.8 Å². The van der Waals surface area contributed by atoms with Crippen molar-refractivity contribution in [3.63, 3.8) is 0 Å². The van der Waals surface area contributed by atoms with Gasteiger partial charge in [0.25, 0.3) is 0 Å². The standard InChI is InChI=1S/C14H20N4O/c1-10-15-13(17-16-10)12-7-4-8-18(9-12)14(19)11-5-2-3-6-11/h2-3,11-12H,4-9H2,1H3,(H,15,16,17)/t12-/m0/s1. The van der Waals surface area contributed by atoms with E-state index in [1.807, 2.05) is 11.8 Å². The highest BCUT2D eigenvalue weighted by atomic mass is 16.2. The quantitative estimate of drug-likeness (QED) is 0.825. The number of aromatic amines is 1. The first-order valence-corrected chi connectivity index (χ1v) is 7.06. The van der Waals surface area contributed by atoms with Crippen LogP contribution in [0, 0.1) is 12.8 Å². The summed E-state index contributed by atoms with van der Waals surface area (Å²) in [6.07, 6.45) is 8.15. The second kappa shape index (κ2) is 5.15. The number of nitrogens with one attached hydrogen (secondary N) is 1. The van der Waals surface area contributed by atoms with Gasteiger partial charge in [0.2, 0.25) is 5.91 Å². The Bertz CT molecular complexity index is 485. The second-order valence-electron chi connectivity index (χ2n) is 5.54.